The Morgan fingerprint density at radius 2 is 2.36 bits per heavy atom. The Morgan fingerprint density at radius 1 is 1.73 bits per heavy atom. The van der Waals surface area contributed by atoms with Crippen molar-refractivity contribution >= 4 is 5.91 Å². The zero-order chi connectivity index (χ0) is 8.43. The smallest absolute Gasteiger partial charge is 0.239 e. The fourth-order valence-electron chi connectivity index (χ4n) is 1.45. The lowest BCUT2D eigenvalue weighted by Gasteiger charge is -2.19. The van der Waals surface area contributed by atoms with Crippen LogP contribution in [0.5, 0.6) is 0 Å². The SMILES string of the molecule is CNC(=O)[C@@H]1[C@@H](O)CCN1C. The standard InChI is InChI=1S/C7H14N2O2/c1-8-7(11)6-5(10)3-4-9(6)2/h5-6,10H,3-4H2,1-2H3,(H,8,11)/t5-,6-/m0/s1. The summed E-state index contributed by atoms with van der Waals surface area (Å²) in [6.07, 6.45) is 0.189. The predicted molar refractivity (Wildman–Crippen MR) is 41.1 cm³/mol. The molecule has 0 radical (unpaired) electrons. The van der Waals surface area contributed by atoms with E-state index >= 15 is 0 Å². The highest BCUT2D eigenvalue weighted by molar-refractivity contribution is 5.82. The first-order valence-electron chi connectivity index (χ1n) is 3.76. The normalized spacial score (nSPS) is 32.3. The number of likely N-dealkylation sites (tertiary alicyclic amines) is 1. The second-order valence-electron chi connectivity index (χ2n) is 2.90. The third-order valence-corrected chi connectivity index (χ3v) is 2.13. The molecule has 0 aromatic heterocycles. The van der Waals surface area contributed by atoms with Crippen LogP contribution in [-0.2, 0) is 4.79 Å². The van der Waals surface area contributed by atoms with Crippen LogP contribution in [0, 0.1) is 0 Å². The number of hydrogen-bond acceptors (Lipinski definition) is 3. The molecule has 1 saturated heterocycles. The van der Waals surface area contributed by atoms with E-state index in [2.05, 4.69) is 5.32 Å². The van der Waals surface area contributed by atoms with Gasteiger partial charge in [-0.15, -0.1) is 0 Å². The van der Waals surface area contributed by atoms with E-state index in [1.807, 2.05) is 11.9 Å². The summed E-state index contributed by atoms with van der Waals surface area (Å²) >= 11 is 0. The molecule has 1 rings (SSSR count). The van der Waals surface area contributed by atoms with Crippen molar-refractivity contribution in [3.05, 3.63) is 0 Å². The molecule has 4 nitrogen and oxygen atoms in total. The van der Waals surface area contributed by atoms with Gasteiger partial charge in [0.1, 0.15) is 6.04 Å². The first-order valence-corrected chi connectivity index (χ1v) is 3.76. The minimum atomic E-state index is -0.500. The van der Waals surface area contributed by atoms with Crippen molar-refractivity contribution in [2.75, 3.05) is 20.6 Å². The summed E-state index contributed by atoms with van der Waals surface area (Å²) in [7, 11) is 3.43. The molecule has 2 atom stereocenters. The topological polar surface area (TPSA) is 52.6 Å². The lowest BCUT2D eigenvalue weighted by atomic mass is 10.1. The monoisotopic (exact) mass is 158 g/mol. The average Bonchev–Trinajstić information content (AvgIpc) is 2.30. The quantitative estimate of drug-likeness (QED) is 0.504. The van der Waals surface area contributed by atoms with E-state index in [1.165, 1.54) is 0 Å². The van der Waals surface area contributed by atoms with E-state index in [9.17, 15) is 9.90 Å². The van der Waals surface area contributed by atoms with Gasteiger partial charge in [0, 0.05) is 13.6 Å². The number of carbonyl (C=O) groups is 1. The molecule has 0 aromatic carbocycles. The molecule has 0 bridgehead atoms. The molecule has 1 fully saturated rings. The highest BCUT2D eigenvalue weighted by atomic mass is 16.3. The molecule has 1 aliphatic rings. The maximum Gasteiger partial charge on any atom is 0.239 e. The summed E-state index contributed by atoms with van der Waals surface area (Å²) in [5.74, 6) is -0.0995. The zero-order valence-electron chi connectivity index (χ0n) is 6.87. The first-order chi connectivity index (χ1) is 5.16. The van der Waals surface area contributed by atoms with E-state index in [0.29, 0.717) is 6.42 Å². The molecule has 1 amide bonds. The van der Waals surface area contributed by atoms with Gasteiger partial charge in [0.05, 0.1) is 6.10 Å². The number of nitrogens with one attached hydrogen (secondary N) is 1. The van der Waals surface area contributed by atoms with Crippen LogP contribution in [0.4, 0.5) is 0 Å². The maximum atomic E-state index is 11.1. The van der Waals surface area contributed by atoms with E-state index in [4.69, 9.17) is 0 Å². The van der Waals surface area contributed by atoms with Crippen LogP contribution in [0.3, 0.4) is 0 Å². The number of carbonyl (C=O) groups excluding carboxylic acids is 1. The number of hydrogen-bond donors (Lipinski definition) is 2. The van der Waals surface area contributed by atoms with Crippen LogP contribution in [-0.4, -0.2) is 48.7 Å². The molecule has 0 saturated carbocycles. The summed E-state index contributed by atoms with van der Waals surface area (Å²) in [6.45, 7) is 0.791. The number of rotatable bonds is 1. The fourth-order valence-corrected chi connectivity index (χ4v) is 1.45. The largest absolute Gasteiger partial charge is 0.391 e. The molecule has 4 heteroatoms. The van der Waals surface area contributed by atoms with Gasteiger partial charge in [-0.1, -0.05) is 0 Å². The lowest BCUT2D eigenvalue weighted by Crippen LogP contribution is -2.45. The van der Waals surface area contributed by atoms with E-state index in [-0.39, 0.29) is 11.9 Å². The van der Waals surface area contributed by atoms with Crippen molar-refractivity contribution in [2.45, 2.75) is 18.6 Å². The summed E-state index contributed by atoms with van der Waals surface area (Å²) in [4.78, 5) is 13.0. The van der Waals surface area contributed by atoms with Crippen molar-refractivity contribution in [2.24, 2.45) is 0 Å². The van der Waals surface area contributed by atoms with Gasteiger partial charge in [-0.3, -0.25) is 9.69 Å². The summed E-state index contributed by atoms with van der Waals surface area (Å²) in [5.41, 5.74) is 0. The van der Waals surface area contributed by atoms with E-state index in [0.717, 1.165) is 6.54 Å². The lowest BCUT2D eigenvalue weighted by molar-refractivity contribution is -0.126. The van der Waals surface area contributed by atoms with Crippen molar-refractivity contribution in [1.29, 1.82) is 0 Å². The summed E-state index contributed by atoms with van der Waals surface area (Å²) in [5, 5.41) is 11.9. The van der Waals surface area contributed by atoms with Crippen molar-refractivity contribution in [3.8, 4) is 0 Å². The van der Waals surface area contributed by atoms with Crippen LogP contribution in [0.2, 0.25) is 0 Å². The van der Waals surface area contributed by atoms with Gasteiger partial charge < -0.3 is 10.4 Å². The van der Waals surface area contributed by atoms with Crippen LogP contribution < -0.4 is 5.32 Å². The van der Waals surface area contributed by atoms with Gasteiger partial charge in [-0.05, 0) is 13.5 Å². The van der Waals surface area contributed by atoms with Crippen molar-refractivity contribution in [3.63, 3.8) is 0 Å². The summed E-state index contributed by atoms with van der Waals surface area (Å²) < 4.78 is 0. The first kappa shape index (κ1) is 8.49. The highest BCUT2D eigenvalue weighted by Gasteiger charge is 2.35. The van der Waals surface area contributed by atoms with Gasteiger partial charge in [0.15, 0.2) is 0 Å². The number of aliphatic hydroxyl groups excluding tert-OH is 1. The van der Waals surface area contributed by atoms with Gasteiger partial charge in [0.2, 0.25) is 5.91 Å². The highest BCUT2D eigenvalue weighted by Crippen LogP contribution is 2.15. The number of amides is 1. The van der Waals surface area contributed by atoms with Crippen LogP contribution in [0.25, 0.3) is 0 Å². The minimum absolute atomic E-state index is 0.0995. The number of likely N-dealkylation sites (N-methyl/N-ethyl adjacent to an activating group) is 2. The molecule has 64 valence electrons. The second-order valence-corrected chi connectivity index (χ2v) is 2.90. The van der Waals surface area contributed by atoms with Gasteiger partial charge in [-0.2, -0.15) is 0 Å². The summed E-state index contributed by atoms with van der Waals surface area (Å²) in [6, 6.07) is -0.347. The van der Waals surface area contributed by atoms with Crippen LogP contribution >= 0.6 is 0 Å². The third kappa shape index (κ3) is 1.52. The second kappa shape index (κ2) is 3.19. The third-order valence-electron chi connectivity index (χ3n) is 2.13. The molecule has 2 N–H and O–H groups in total. The van der Waals surface area contributed by atoms with Crippen LogP contribution in [0.15, 0.2) is 0 Å². The minimum Gasteiger partial charge on any atom is -0.391 e. The number of aliphatic hydroxyl groups is 1. The molecule has 0 unspecified atom stereocenters. The molecule has 1 heterocycles. The Balaban J connectivity index is 2.60. The molecule has 1 aliphatic heterocycles. The van der Waals surface area contributed by atoms with E-state index < -0.39 is 6.10 Å². The Bertz CT molecular complexity index is 151. The van der Waals surface area contributed by atoms with Crippen LogP contribution in [0.1, 0.15) is 6.42 Å². The Hall–Kier alpha value is -0.610. The molecule has 0 spiro atoms. The Labute approximate surface area is 66.2 Å². The van der Waals surface area contributed by atoms with Crippen molar-refractivity contribution < 1.29 is 9.90 Å². The molecular formula is C7H14N2O2. The Kier molecular flexibility index (Phi) is 2.46. The molecular weight excluding hydrogens is 144 g/mol. The Morgan fingerprint density at radius 3 is 2.73 bits per heavy atom. The molecule has 0 aliphatic carbocycles. The number of nitrogens with zero attached hydrogens (tertiary/aromatic N) is 1. The van der Waals surface area contributed by atoms with Gasteiger partial charge in [0.25, 0.3) is 0 Å². The predicted octanol–water partition coefficient (Wildman–Crippen LogP) is -1.20. The maximum absolute atomic E-state index is 11.1. The van der Waals surface area contributed by atoms with Gasteiger partial charge >= 0.3 is 0 Å². The molecule has 0 aromatic rings. The van der Waals surface area contributed by atoms with Crippen molar-refractivity contribution in [1.82, 2.24) is 10.2 Å². The average molecular weight is 158 g/mol. The fraction of sp³-hybridized carbons (Fsp3) is 0.857. The van der Waals surface area contributed by atoms with Gasteiger partial charge in [-0.25, -0.2) is 0 Å². The zero-order valence-corrected chi connectivity index (χ0v) is 6.87. The molecule has 11 heavy (non-hydrogen) atoms. The van der Waals surface area contributed by atoms with E-state index in [1.54, 1.807) is 7.05 Å².